The normalized spacial score (nSPS) is 10.5. The molecule has 0 saturated heterocycles. The van der Waals surface area contributed by atoms with Gasteiger partial charge in [-0.3, -0.25) is 0 Å². The SMILES string of the molecule is CCNc1nc(C)nc(N(C)Cc2ccoc2)c1C. The molecular formula is C14H20N4O. The van der Waals surface area contributed by atoms with Crippen LogP contribution in [0.4, 0.5) is 11.6 Å². The van der Waals surface area contributed by atoms with Crippen LogP contribution >= 0.6 is 0 Å². The molecule has 2 aromatic heterocycles. The van der Waals surface area contributed by atoms with E-state index in [4.69, 9.17) is 4.42 Å². The van der Waals surface area contributed by atoms with Gasteiger partial charge in [0.05, 0.1) is 12.5 Å². The first-order valence-electron chi connectivity index (χ1n) is 6.43. The van der Waals surface area contributed by atoms with E-state index in [0.717, 1.165) is 41.7 Å². The number of nitrogens with one attached hydrogen (secondary N) is 1. The zero-order chi connectivity index (χ0) is 13.8. The van der Waals surface area contributed by atoms with Crippen LogP contribution in [-0.4, -0.2) is 23.6 Å². The van der Waals surface area contributed by atoms with E-state index in [2.05, 4.69) is 27.1 Å². The Bertz CT molecular complexity index is 537. The highest BCUT2D eigenvalue weighted by Gasteiger charge is 2.13. The van der Waals surface area contributed by atoms with Gasteiger partial charge in [-0.15, -0.1) is 0 Å². The third-order valence-corrected chi connectivity index (χ3v) is 2.94. The number of hydrogen-bond donors (Lipinski definition) is 1. The lowest BCUT2D eigenvalue weighted by Crippen LogP contribution is -2.20. The third kappa shape index (κ3) is 3.05. The van der Waals surface area contributed by atoms with E-state index in [1.54, 1.807) is 12.5 Å². The molecule has 0 aliphatic rings. The van der Waals surface area contributed by atoms with Crippen LogP contribution in [0.2, 0.25) is 0 Å². The molecule has 0 atom stereocenters. The Morgan fingerprint density at radius 2 is 2.11 bits per heavy atom. The van der Waals surface area contributed by atoms with Crippen LogP contribution in [0, 0.1) is 13.8 Å². The van der Waals surface area contributed by atoms with Crippen LogP contribution in [0.25, 0.3) is 0 Å². The Hall–Kier alpha value is -2.04. The summed E-state index contributed by atoms with van der Waals surface area (Å²) >= 11 is 0. The minimum atomic E-state index is 0.763. The molecule has 0 fully saturated rings. The predicted molar refractivity (Wildman–Crippen MR) is 76.5 cm³/mol. The minimum Gasteiger partial charge on any atom is -0.472 e. The molecule has 0 bridgehead atoms. The summed E-state index contributed by atoms with van der Waals surface area (Å²) in [5.74, 6) is 2.63. The van der Waals surface area contributed by atoms with Gasteiger partial charge in [0.15, 0.2) is 0 Å². The average Bonchev–Trinajstić information content (AvgIpc) is 2.86. The van der Waals surface area contributed by atoms with Crippen LogP contribution in [0.3, 0.4) is 0 Å². The molecule has 0 amide bonds. The van der Waals surface area contributed by atoms with Gasteiger partial charge in [-0.1, -0.05) is 0 Å². The number of furan rings is 1. The van der Waals surface area contributed by atoms with Crippen molar-refractivity contribution in [3.05, 3.63) is 35.5 Å². The fourth-order valence-corrected chi connectivity index (χ4v) is 2.06. The van der Waals surface area contributed by atoms with Crippen LogP contribution in [-0.2, 0) is 6.54 Å². The summed E-state index contributed by atoms with van der Waals surface area (Å²) in [6, 6.07) is 1.96. The van der Waals surface area contributed by atoms with Crippen LogP contribution in [0.1, 0.15) is 23.9 Å². The fourth-order valence-electron chi connectivity index (χ4n) is 2.06. The smallest absolute Gasteiger partial charge is 0.137 e. The van der Waals surface area contributed by atoms with Crippen LogP contribution in [0.15, 0.2) is 23.0 Å². The minimum absolute atomic E-state index is 0.763. The van der Waals surface area contributed by atoms with Gasteiger partial charge in [-0.05, 0) is 26.8 Å². The van der Waals surface area contributed by atoms with Gasteiger partial charge >= 0.3 is 0 Å². The van der Waals surface area contributed by atoms with E-state index in [1.165, 1.54) is 0 Å². The molecule has 0 unspecified atom stereocenters. The van der Waals surface area contributed by atoms with Gasteiger partial charge in [0.1, 0.15) is 17.5 Å². The molecule has 102 valence electrons. The number of hydrogen-bond acceptors (Lipinski definition) is 5. The standard InChI is InChI=1S/C14H20N4O/c1-5-15-13-10(2)14(17-11(3)16-13)18(4)8-12-6-7-19-9-12/h6-7,9H,5,8H2,1-4H3,(H,15,16,17). The zero-order valence-corrected chi connectivity index (χ0v) is 11.9. The molecule has 5 heteroatoms. The van der Waals surface area contributed by atoms with Crippen molar-refractivity contribution in [2.45, 2.75) is 27.3 Å². The monoisotopic (exact) mass is 260 g/mol. The molecule has 0 aliphatic carbocycles. The molecule has 1 N–H and O–H groups in total. The first-order chi connectivity index (χ1) is 9.11. The fraction of sp³-hybridized carbons (Fsp3) is 0.429. The highest BCUT2D eigenvalue weighted by Crippen LogP contribution is 2.23. The second kappa shape index (κ2) is 5.73. The number of aromatic nitrogens is 2. The second-order valence-corrected chi connectivity index (χ2v) is 4.59. The molecule has 19 heavy (non-hydrogen) atoms. The van der Waals surface area contributed by atoms with Crippen molar-refractivity contribution in [3.63, 3.8) is 0 Å². The first kappa shape index (κ1) is 13.4. The Kier molecular flexibility index (Phi) is 4.04. The van der Waals surface area contributed by atoms with E-state index in [1.807, 2.05) is 27.0 Å². The molecular weight excluding hydrogens is 240 g/mol. The van der Waals surface area contributed by atoms with Gasteiger partial charge in [0, 0.05) is 31.3 Å². The maximum atomic E-state index is 5.10. The summed E-state index contributed by atoms with van der Waals surface area (Å²) in [7, 11) is 2.03. The van der Waals surface area contributed by atoms with Crippen LogP contribution < -0.4 is 10.2 Å². The Labute approximate surface area is 113 Å². The lowest BCUT2D eigenvalue weighted by molar-refractivity contribution is 0.563. The molecule has 0 aliphatic heterocycles. The number of rotatable bonds is 5. The summed E-state index contributed by atoms with van der Waals surface area (Å²) in [5, 5.41) is 3.27. The highest BCUT2D eigenvalue weighted by molar-refractivity contribution is 5.58. The van der Waals surface area contributed by atoms with Gasteiger partial charge in [-0.2, -0.15) is 0 Å². The van der Waals surface area contributed by atoms with Gasteiger partial charge < -0.3 is 14.6 Å². The number of aryl methyl sites for hydroxylation is 1. The summed E-state index contributed by atoms with van der Waals surface area (Å²) in [6.45, 7) is 7.63. The van der Waals surface area contributed by atoms with E-state index in [0.29, 0.717) is 0 Å². The van der Waals surface area contributed by atoms with Crippen molar-refractivity contribution in [1.29, 1.82) is 0 Å². The average molecular weight is 260 g/mol. The van der Waals surface area contributed by atoms with Crippen molar-refractivity contribution in [3.8, 4) is 0 Å². The highest BCUT2D eigenvalue weighted by atomic mass is 16.3. The van der Waals surface area contributed by atoms with Crippen molar-refractivity contribution >= 4 is 11.6 Å². The van der Waals surface area contributed by atoms with Gasteiger partial charge in [0.2, 0.25) is 0 Å². The lowest BCUT2D eigenvalue weighted by atomic mass is 10.2. The number of anilines is 2. The van der Waals surface area contributed by atoms with E-state index in [-0.39, 0.29) is 0 Å². The molecule has 2 heterocycles. The first-order valence-corrected chi connectivity index (χ1v) is 6.43. The molecule has 5 nitrogen and oxygen atoms in total. The lowest BCUT2D eigenvalue weighted by Gasteiger charge is -2.21. The Morgan fingerprint density at radius 1 is 1.32 bits per heavy atom. The largest absolute Gasteiger partial charge is 0.472 e. The maximum absolute atomic E-state index is 5.10. The molecule has 0 aromatic carbocycles. The van der Waals surface area contributed by atoms with Gasteiger partial charge in [-0.25, -0.2) is 9.97 Å². The molecule has 0 radical (unpaired) electrons. The van der Waals surface area contributed by atoms with E-state index >= 15 is 0 Å². The predicted octanol–water partition coefficient (Wildman–Crippen LogP) is 2.75. The third-order valence-electron chi connectivity index (χ3n) is 2.94. The maximum Gasteiger partial charge on any atom is 0.137 e. The van der Waals surface area contributed by atoms with Crippen LogP contribution in [0.5, 0.6) is 0 Å². The van der Waals surface area contributed by atoms with Crippen molar-refractivity contribution in [1.82, 2.24) is 9.97 Å². The molecule has 2 rings (SSSR count). The molecule has 0 spiro atoms. The van der Waals surface area contributed by atoms with E-state index in [9.17, 15) is 0 Å². The van der Waals surface area contributed by atoms with Crippen molar-refractivity contribution in [2.24, 2.45) is 0 Å². The van der Waals surface area contributed by atoms with Crippen molar-refractivity contribution in [2.75, 3.05) is 23.8 Å². The van der Waals surface area contributed by atoms with Gasteiger partial charge in [0.25, 0.3) is 0 Å². The topological polar surface area (TPSA) is 54.2 Å². The summed E-state index contributed by atoms with van der Waals surface area (Å²) in [4.78, 5) is 11.1. The Morgan fingerprint density at radius 3 is 2.74 bits per heavy atom. The quantitative estimate of drug-likeness (QED) is 0.895. The second-order valence-electron chi connectivity index (χ2n) is 4.59. The number of nitrogens with zero attached hydrogens (tertiary/aromatic N) is 3. The molecule has 2 aromatic rings. The summed E-state index contributed by atoms with van der Waals surface area (Å²) in [5.41, 5.74) is 2.20. The van der Waals surface area contributed by atoms with Crippen molar-refractivity contribution < 1.29 is 4.42 Å². The zero-order valence-electron chi connectivity index (χ0n) is 11.9. The summed E-state index contributed by atoms with van der Waals surface area (Å²) < 4.78 is 5.10. The molecule has 0 saturated carbocycles. The Balaban J connectivity index is 2.27. The summed E-state index contributed by atoms with van der Waals surface area (Å²) in [6.07, 6.45) is 3.44. The van der Waals surface area contributed by atoms with E-state index < -0.39 is 0 Å².